The Kier molecular flexibility index (Phi) is 7.93. The van der Waals surface area contributed by atoms with Gasteiger partial charge in [0.25, 0.3) is 5.91 Å². The van der Waals surface area contributed by atoms with E-state index in [0.717, 1.165) is 30.6 Å². The summed E-state index contributed by atoms with van der Waals surface area (Å²) in [4.78, 5) is 12.5. The molecular formula is C23H29NO6. The molecule has 30 heavy (non-hydrogen) atoms. The third-order valence-corrected chi connectivity index (χ3v) is 5.13. The highest BCUT2D eigenvalue weighted by molar-refractivity contribution is 5.95. The molecule has 3 rings (SSSR count). The van der Waals surface area contributed by atoms with Crippen molar-refractivity contribution in [2.45, 2.75) is 38.0 Å². The van der Waals surface area contributed by atoms with Crippen molar-refractivity contribution >= 4 is 5.91 Å². The zero-order valence-electron chi connectivity index (χ0n) is 17.4. The van der Waals surface area contributed by atoms with E-state index in [4.69, 9.17) is 18.9 Å². The SMILES string of the molecule is COc1ccc(COCCOc2ccc(C(=O)N[C@@H]3CCC[C@H]3O)cc2OC)cc1. The quantitative estimate of drug-likeness (QED) is 0.581. The van der Waals surface area contributed by atoms with Gasteiger partial charge in [-0.25, -0.2) is 0 Å². The van der Waals surface area contributed by atoms with Gasteiger partial charge < -0.3 is 29.4 Å². The summed E-state index contributed by atoms with van der Waals surface area (Å²) in [6.45, 7) is 1.25. The summed E-state index contributed by atoms with van der Waals surface area (Å²) >= 11 is 0. The normalized spacial score (nSPS) is 18.1. The van der Waals surface area contributed by atoms with Gasteiger partial charge in [0, 0.05) is 5.56 Å². The van der Waals surface area contributed by atoms with Gasteiger partial charge in [0.05, 0.1) is 39.6 Å². The van der Waals surface area contributed by atoms with Crippen molar-refractivity contribution in [2.75, 3.05) is 27.4 Å². The summed E-state index contributed by atoms with van der Waals surface area (Å²) in [5.74, 6) is 1.60. The Morgan fingerprint density at radius 3 is 2.50 bits per heavy atom. The fourth-order valence-electron chi connectivity index (χ4n) is 3.41. The minimum absolute atomic E-state index is 0.192. The van der Waals surface area contributed by atoms with Gasteiger partial charge in [-0.05, 0) is 55.2 Å². The summed E-state index contributed by atoms with van der Waals surface area (Å²) in [6.07, 6.45) is 1.96. The van der Waals surface area contributed by atoms with Crippen LogP contribution >= 0.6 is 0 Å². The Morgan fingerprint density at radius 2 is 1.83 bits per heavy atom. The molecule has 1 saturated carbocycles. The van der Waals surface area contributed by atoms with Crippen molar-refractivity contribution in [1.29, 1.82) is 0 Å². The smallest absolute Gasteiger partial charge is 0.251 e. The molecule has 2 aromatic rings. The van der Waals surface area contributed by atoms with Crippen LogP contribution in [0.5, 0.6) is 17.2 Å². The van der Waals surface area contributed by atoms with Crippen LogP contribution < -0.4 is 19.5 Å². The molecule has 1 aliphatic carbocycles. The molecule has 0 unspecified atom stereocenters. The van der Waals surface area contributed by atoms with Crippen LogP contribution in [-0.2, 0) is 11.3 Å². The monoisotopic (exact) mass is 415 g/mol. The van der Waals surface area contributed by atoms with Gasteiger partial charge in [-0.2, -0.15) is 0 Å². The summed E-state index contributed by atoms with van der Waals surface area (Å²) in [5.41, 5.74) is 1.52. The number of ether oxygens (including phenoxy) is 4. The molecule has 7 nitrogen and oxygen atoms in total. The summed E-state index contributed by atoms with van der Waals surface area (Å²) in [6, 6.07) is 12.5. The second-order valence-electron chi connectivity index (χ2n) is 7.19. The van der Waals surface area contributed by atoms with E-state index in [1.165, 1.54) is 7.11 Å². The molecular weight excluding hydrogens is 386 g/mol. The highest BCUT2D eigenvalue weighted by Crippen LogP contribution is 2.28. The molecule has 0 saturated heterocycles. The zero-order chi connectivity index (χ0) is 21.3. The van der Waals surface area contributed by atoms with Crippen LogP contribution in [0.2, 0.25) is 0 Å². The molecule has 1 fully saturated rings. The number of aliphatic hydroxyl groups excluding tert-OH is 1. The third kappa shape index (κ3) is 5.87. The first kappa shape index (κ1) is 21.9. The largest absolute Gasteiger partial charge is 0.497 e. The molecule has 7 heteroatoms. The van der Waals surface area contributed by atoms with E-state index in [-0.39, 0.29) is 11.9 Å². The summed E-state index contributed by atoms with van der Waals surface area (Å²) < 4.78 is 21.9. The number of rotatable bonds is 10. The molecule has 1 amide bonds. The average Bonchev–Trinajstić information content (AvgIpc) is 3.18. The van der Waals surface area contributed by atoms with Crippen molar-refractivity contribution in [3.8, 4) is 17.2 Å². The number of carbonyl (C=O) groups excluding carboxylic acids is 1. The molecule has 2 atom stereocenters. The van der Waals surface area contributed by atoms with Crippen LogP contribution in [0.25, 0.3) is 0 Å². The highest BCUT2D eigenvalue weighted by atomic mass is 16.5. The van der Waals surface area contributed by atoms with E-state index in [2.05, 4.69) is 5.32 Å². The molecule has 2 N–H and O–H groups in total. The number of aliphatic hydroxyl groups is 1. The maximum Gasteiger partial charge on any atom is 0.251 e. The molecule has 0 aliphatic heterocycles. The minimum Gasteiger partial charge on any atom is -0.497 e. The fourth-order valence-corrected chi connectivity index (χ4v) is 3.41. The second-order valence-corrected chi connectivity index (χ2v) is 7.19. The maximum absolute atomic E-state index is 12.5. The lowest BCUT2D eigenvalue weighted by Crippen LogP contribution is -2.39. The Bertz CT molecular complexity index is 823. The topological polar surface area (TPSA) is 86.3 Å². The van der Waals surface area contributed by atoms with Crippen LogP contribution in [0, 0.1) is 0 Å². The molecule has 0 bridgehead atoms. The Balaban J connectivity index is 1.46. The second kappa shape index (κ2) is 10.8. The predicted molar refractivity (Wildman–Crippen MR) is 112 cm³/mol. The Morgan fingerprint density at radius 1 is 1.03 bits per heavy atom. The average molecular weight is 415 g/mol. The maximum atomic E-state index is 12.5. The van der Waals surface area contributed by atoms with Crippen molar-refractivity contribution in [1.82, 2.24) is 5.32 Å². The number of carbonyl (C=O) groups is 1. The number of hydrogen-bond acceptors (Lipinski definition) is 6. The van der Waals surface area contributed by atoms with Gasteiger partial charge in [0.15, 0.2) is 11.5 Å². The van der Waals surface area contributed by atoms with Crippen molar-refractivity contribution in [3.63, 3.8) is 0 Å². The van der Waals surface area contributed by atoms with E-state index in [0.29, 0.717) is 36.9 Å². The summed E-state index contributed by atoms with van der Waals surface area (Å²) in [5, 5.41) is 12.8. The van der Waals surface area contributed by atoms with Crippen LogP contribution in [-0.4, -0.2) is 50.6 Å². The first-order valence-electron chi connectivity index (χ1n) is 10.1. The fraction of sp³-hybridized carbons (Fsp3) is 0.435. The molecule has 2 aromatic carbocycles. The first-order valence-corrected chi connectivity index (χ1v) is 10.1. The van der Waals surface area contributed by atoms with E-state index in [1.807, 2.05) is 24.3 Å². The van der Waals surface area contributed by atoms with Gasteiger partial charge in [-0.15, -0.1) is 0 Å². The van der Waals surface area contributed by atoms with Crippen LogP contribution in [0.15, 0.2) is 42.5 Å². The van der Waals surface area contributed by atoms with E-state index < -0.39 is 6.10 Å². The van der Waals surface area contributed by atoms with Crippen LogP contribution in [0.4, 0.5) is 0 Å². The lowest BCUT2D eigenvalue weighted by molar-refractivity contribution is 0.0867. The Hall–Kier alpha value is -2.77. The number of methoxy groups -OCH3 is 2. The van der Waals surface area contributed by atoms with Crippen molar-refractivity contribution in [2.24, 2.45) is 0 Å². The van der Waals surface area contributed by atoms with E-state index in [9.17, 15) is 9.90 Å². The molecule has 0 aromatic heterocycles. The zero-order valence-corrected chi connectivity index (χ0v) is 17.4. The van der Waals surface area contributed by atoms with Gasteiger partial charge in [-0.3, -0.25) is 4.79 Å². The van der Waals surface area contributed by atoms with E-state index >= 15 is 0 Å². The van der Waals surface area contributed by atoms with Crippen molar-refractivity contribution < 1.29 is 28.8 Å². The third-order valence-electron chi connectivity index (χ3n) is 5.13. The van der Waals surface area contributed by atoms with Gasteiger partial charge in [0.1, 0.15) is 12.4 Å². The lowest BCUT2D eigenvalue weighted by Gasteiger charge is -2.17. The first-order chi connectivity index (χ1) is 14.6. The van der Waals surface area contributed by atoms with E-state index in [1.54, 1.807) is 25.3 Å². The molecule has 0 heterocycles. The molecule has 0 spiro atoms. The summed E-state index contributed by atoms with van der Waals surface area (Å²) in [7, 11) is 3.17. The van der Waals surface area contributed by atoms with Crippen LogP contribution in [0.3, 0.4) is 0 Å². The highest BCUT2D eigenvalue weighted by Gasteiger charge is 2.27. The lowest BCUT2D eigenvalue weighted by atomic mass is 10.1. The van der Waals surface area contributed by atoms with Gasteiger partial charge >= 0.3 is 0 Å². The molecule has 1 aliphatic rings. The number of nitrogens with one attached hydrogen (secondary N) is 1. The number of hydrogen-bond donors (Lipinski definition) is 2. The predicted octanol–water partition coefficient (Wildman–Crippen LogP) is 2.94. The van der Waals surface area contributed by atoms with Gasteiger partial charge in [0.2, 0.25) is 0 Å². The Labute approximate surface area is 176 Å². The van der Waals surface area contributed by atoms with Gasteiger partial charge in [-0.1, -0.05) is 12.1 Å². The minimum atomic E-state index is -0.476. The molecule has 0 radical (unpaired) electrons. The number of amides is 1. The van der Waals surface area contributed by atoms with Crippen LogP contribution in [0.1, 0.15) is 35.2 Å². The molecule has 162 valence electrons. The standard InChI is InChI=1S/C23H29NO6/c1-27-18-9-6-16(7-10-18)15-29-12-13-30-21-11-8-17(14-22(21)28-2)23(26)24-19-4-3-5-20(19)25/h6-11,14,19-20,25H,3-5,12-13,15H2,1-2H3,(H,24,26)/t19-,20-/m1/s1. The number of benzene rings is 2. The van der Waals surface area contributed by atoms with Crippen molar-refractivity contribution in [3.05, 3.63) is 53.6 Å².